The van der Waals surface area contributed by atoms with Crippen LogP contribution in [0.2, 0.25) is 5.02 Å². The van der Waals surface area contributed by atoms with E-state index in [9.17, 15) is 10.1 Å². The third-order valence-corrected chi connectivity index (χ3v) is 4.06. The van der Waals surface area contributed by atoms with E-state index < -0.39 is 5.41 Å². The van der Waals surface area contributed by atoms with Gasteiger partial charge in [-0.1, -0.05) is 30.2 Å². The fourth-order valence-corrected chi connectivity index (χ4v) is 2.86. The number of hydrogen-bond acceptors (Lipinski definition) is 2. The molecule has 1 aromatic carbocycles. The van der Waals surface area contributed by atoms with Crippen LogP contribution in [0.15, 0.2) is 18.2 Å². The van der Waals surface area contributed by atoms with Crippen LogP contribution in [0.25, 0.3) is 0 Å². The van der Waals surface area contributed by atoms with E-state index in [2.05, 4.69) is 6.07 Å². The third-order valence-electron chi connectivity index (χ3n) is 3.71. The molecule has 0 bridgehead atoms. The molecule has 0 heterocycles. The van der Waals surface area contributed by atoms with Crippen molar-refractivity contribution in [1.29, 1.82) is 5.26 Å². The Morgan fingerprint density at radius 1 is 1.44 bits per heavy atom. The predicted octanol–water partition coefficient (Wildman–Crippen LogP) is 3.84. The Balaban J connectivity index is 2.30. The monoisotopic (exact) mass is 261 g/mol. The van der Waals surface area contributed by atoms with Crippen LogP contribution in [0, 0.1) is 23.7 Å². The molecule has 0 aliphatic heterocycles. The molecule has 1 fully saturated rings. The Morgan fingerprint density at radius 3 is 2.83 bits per heavy atom. The smallest absolute Gasteiger partial charge is 0.153 e. The number of ketones is 1. The second kappa shape index (κ2) is 5.12. The number of carbonyl (C=O) groups excluding carboxylic acids is 1. The Morgan fingerprint density at radius 2 is 2.22 bits per heavy atom. The topological polar surface area (TPSA) is 40.9 Å². The van der Waals surface area contributed by atoms with Gasteiger partial charge in [0.15, 0.2) is 5.78 Å². The first-order chi connectivity index (χ1) is 8.57. The van der Waals surface area contributed by atoms with Crippen molar-refractivity contribution in [2.75, 3.05) is 0 Å². The number of halogens is 1. The SMILES string of the molecule is Cc1ccc(CC2(C#N)CCCCC2=O)c(Cl)c1. The van der Waals surface area contributed by atoms with Crippen LogP contribution < -0.4 is 0 Å². The zero-order chi connectivity index (χ0) is 13.2. The maximum atomic E-state index is 12.1. The summed E-state index contributed by atoms with van der Waals surface area (Å²) >= 11 is 6.19. The van der Waals surface area contributed by atoms with Gasteiger partial charge in [0.05, 0.1) is 6.07 Å². The van der Waals surface area contributed by atoms with Gasteiger partial charge >= 0.3 is 0 Å². The number of nitriles is 1. The quantitative estimate of drug-likeness (QED) is 0.811. The third kappa shape index (κ3) is 2.42. The molecule has 1 aliphatic rings. The Bertz CT molecular complexity index is 518. The van der Waals surface area contributed by atoms with Crippen LogP contribution in [0.3, 0.4) is 0 Å². The lowest BCUT2D eigenvalue weighted by molar-refractivity contribution is -0.128. The van der Waals surface area contributed by atoms with Gasteiger partial charge in [-0.3, -0.25) is 4.79 Å². The summed E-state index contributed by atoms with van der Waals surface area (Å²) in [6.45, 7) is 1.97. The first-order valence-electron chi connectivity index (χ1n) is 6.27. The second-order valence-electron chi connectivity index (χ2n) is 5.10. The normalized spacial score (nSPS) is 23.7. The van der Waals surface area contributed by atoms with Gasteiger partial charge in [0, 0.05) is 11.4 Å². The fraction of sp³-hybridized carbons (Fsp3) is 0.467. The number of Topliss-reactive ketones (excluding diaryl/α,β-unsaturated/α-hetero) is 1. The van der Waals surface area contributed by atoms with Crippen LogP contribution in [-0.4, -0.2) is 5.78 Å². The van der Waals surface area contributed by atoms with E-state index in [1.54, 1.807) is 0 Å². The summed E-state index contributed by atoms with van der Waals surface area (Å²) in [5, 5.41) is 10.1. The van der Waals surface area contributed by atoms with Gasteiger partial charge in [0.25, 0.3) is 0 Å². The molecule has 0 N–H and O–H groups in total. The Labute approximate surface area is 113 Å². The molecule has 2 rings (SSSR count). The van der Waals surface area contributed by atoms with Crippen LogP contribution >= 0.6 is 11.6 Å². The summed E-state index contributed by atoms with van der Waals surface area (Å²) < 4.78 is 0. The first-order valence-corrected chi connectivity index (χ1v) is 6.65. The molecule has 1 aliphatic carbocycles. The molecule has 0 spiro atoms. The van der Waals surface area contributed by atoms with E-state index in [0.717, 1.165) is 24.0 Å². The second-order valence-corrected chi connectivity index (χ2v) is 5.50. The number of aryl methyl sites for hydroxylation is 1. The van der Waals surface area contributed by atoms with Crippen molar-refractivity contribution in [3.8, 4) is 6.07 Å². The molecule has 0 aromatic heterocycles. The van der Waals surface area contributed by atoms with Crippen molar-refractivity contribution in [1.82, 2.24) is 0 Å². The van der Waals surface area contributed by atoms with Gasteiger partial charge in [0.2, 0.25) is 0 Å². The van der Waals surface area contributed by atoms with Gasteiger partial charge < -0.3 is 0 Å². The fourth-order valence-electron chi connectivity index (χ4n) is 2.56. The summed E-state index contributed by atoms with van der Waals surface area (Å²) in [7, 11) is 0. The number of rotatable bonds is 2. The first kappa shape index (κ1) is 13.1. The lowest BCUT2D eigenvalue weighted by Crippen LogP contribution is -2.35. The van der Waals surface area contributed by atoms with Crippen LogP contribution in [0.4, 0.5) is 0 Å². The molecule has 0 amide bonds. The van der Waals surface area contributed by atoms with Crippen molar-refractivity contribution in [2.45, 2.75) is 39.0 Å². The van der Waals surface area contributed by atoms with E-state index >= 15 is 0 Å². The summed E-state index contributed by atoms with van der Waals surface area (Å²) in [5.41, 5.74) is 1.14. The zero-order valence-electron chi connectivity index (χ0n) is 10.5. The van der Waals surface area contributed by atoms with Crippen LogP contribution in [0.5, 0.6) is 0 Å². The number of nitrogens with zero attached hydrogens (tertiary/aromatic N) is 1. The van der Waals surface area contributed by atoms with E-state index in [0.29, 0.717) is 24.3 Å². The standard InChI is InChI=1S/C15H16ClNO/c1-11-5-6-12(13(16)8-11)9-15(10-17)7-3-2-4-14(15)18/h5-6,8H,2-4,7,9H2,1H3. The van der Waals surface area contributed by atoms with Crippen molar-refractivity contribution in [3.63, 3.8) is 0 Å². The van der Waals surface area contributed by atoms with Crippen molar-refractivity contribution < 1.29 is 4.79 Å². The number of hydrogen-bond donors (Lipinski definition) is 0. The maximum absolute atomic E-state index is 12.1. The Kier molecular flexibility index (Phi) is 3.73. The van der Waals surface area contributed by atoms with Crippen LogP contribution in [0.1, 0.15) is 36.8 Å². The minimum absolute atomic E-state index is 0.0768. The number of benzene rings is 1. The lowest BCUT2D eigenvalue weighted by Gasteiger charge is -2.29. The van der Waals surface area contributed by atoms with Crippen molar-refractivity contribution >= 4 is 17.4 Å². The number of carbonyl (C=O) groups is 1. The van der Waals surface area contributed by atoms with Gasteiger partial charge in [-0.2, -0.15) is 5.26 Å². The molecule has 1 saturated carbocycles. The molecule has 1 unspecified atom stereocenters. The molecule has 3 heteroatoms. The van der Waals surface area contributed by atoms with Gasteiger partial charge in [-0.15, -0.1) is 0 Å². The molecule has 1 aromatic rings. The molecule has 1 atom stereocenters. The van der Waals surface area contributed by atoms with E-state index in [1.165, 1.54) is 0 Å². The van der Waals surface area contributed by atoms with Crippen LogP contribution in [-0.2, 0) is 11.2 Å². The minimum atomic E-state index is -0.850. The molecule has 0 saturated heterocycles. The highest BCUT2D eigenvalue weighted by molar-refractivity contribution is 6.31. The molecular formula is C15H16ClNO. The highest BCUT2D eigenvalue weighted by Crippen LogP contribution is 2.37. The largest absolute Gasteiger partial charge is 0.298 e. The average molecular weight is 262 g/mol. The molecule has 94 valence electrons. The van der Waals surface area contributed by atoms with Gasteiger partial charge in [-0.05, 0) is 43.4 Å². The summed E-state index contributed by atoms with van der Waals surface area (Å²) in [6, 6.07) is 8.03. The van der Waals surface area contributed by atoms with E-state index in [4.69, 9.17) is 11.6 Å². The maximum Gasteiger partial charge on any atom is 0.153 e. The highest BCUT2D eigenvalue weighted by atomic mass is 35.5. The van der Waals surface area contributed by atoms with Gasteiger partial charge in [-0.25, -0.2) is 0 Å². The van der Waals surface area contributed by atoms with Crippen molar-refractivity contribution in [3.05, 3.63) is 34.3 Å². The molecular weight excluding hydrogens is 246 g/mol. The summed E-state index contributed by atoms with van der Waals surface area (Å²) in [5.74, 6) is 0.0768. The molecule has 18 heavy (non-hydrogen) atoms. The minimum Gasteiger partial charge on any atom is -0.298 e. The summed E-state index contributed by atoms with van der Waals surface area (Å²) in [4.78, 5) is 12.1. The van der Waals surface area contributed by atoms with Crippen molar-refractivity contribution in [2.24, 2.45) is 5.41 Å². The van der Waals surface area contributed by atoms with E-state index in [1.807, 2.05) is 25.1 Å². The molecule has 2 nitrogen and oxygen atoms in total. The predicted molar refractivity (Wildman–Crippen MR) is 71.4 cm³/mol. The zero-order valence-corrected chi connectivity index (χ0v) is 11.3. The Hall–Kier alpha value is -1.33. The van der Waals surface area contributed by atoms with Gasteiger partial charge in [0.1, 0.15) is 5.41 Å². The highest BCUT2D eigenvalue weighted by Gasteiger charge is 2.40. The average Bonchev–Trinajstić information content (AvgIpc) is 2.35. The summed E-state index contributed by atoms with van der Waals surface area (Å²) in [6.07, 6.45) is 3.48. The molecule has 0 radical (unpaired) electrons. The lowest BCUT2D eigenvalue weighted by atomic mass is 9.70. The van der Waals surface area contributed by atoms with E-state index in [-0.39, 0.29) is 5.78 Å².